The number of nitrogens with zero attached hydrogens (tertiary/aromatic N) is 2. The topological polar surface area (TPSA) is 71.1 Å². The third kappa shape index (κ3) is 3.37. The van der Waals surface area contributed by atoms with Crippen LogP contribution in [0.15, 0.2) is 42.5 Å². The summed E-state index contributed by atoms with van der Waals surface area (Å²) in [7, 11) is -1.59. The number of aryl methyl sites for hydroxylation is 2. The van der Waals surface area contributed by atoms with Gasteiger partial charge < -0.3 is 14.9 Å². The average molecular weight is 456 g/mol. The molecule has 170 valence electrons. The monoisotopic (exact) mass is 455 g/mol. The van der Waals surface area contributed by atoms with Crippen LogP contribution in [0.5, 0.6) is 11.5 Å². The number of para-hydroxylation sites is 1. The van der Waals surface area contributed by atoms with Gasteiger partial charge in [0.25, 0.3) is 0 Å². The van der Waals surface area contributed by atoms with Gasteiger partial charge in [-0.2, -0.15) is 5.01 Å². The number of hydrogen-bond donors (Lipinski definition) is 1. The molecule has 0 radical (unpaired) electrons. The molecule has 3 aliphatic rings. The molecule has 32 heavy (non-hydrogen) atoms. The highest BCUT2D eigenvalue weighted by molar-refractivity contribution is 7.88. The third-order valence-corrected chi connectivity index (χ3v) is 8.08. The molecule has 3 heterocycles. The maximum absolute atomic E-state index is 12.1. The Bertz CT molecular complexity index is 1200. The number of piperidine rings is 1. The first-order valence-corrected chi connectivity index (χ1v) is 12.7. The molecule has 7 nitrogen and oxygen atoms in total. The number of fused-ring (bicyclic) bond motifs is 4. The Kier molecular flexibility index (Phi) is 5.00. The van der Waals surface area contributed by atoms with E-state index in [0.717, 1.165) is 22.6 Å². The Morgan fingerprint density at radius 1 is 1.16 bits per heavy atom. The molecule has 2 aromatic carbocycles. The van der Waals surface area contributed by atoms with Crippen LogP contribution in [-0.2, 0) is 10.0 Å². The standard InChI is InChI=1S/C24H29N3O4S/c1-16-8-9-17(2)19(14-16)20-15-21-18-6-5-7-22(30-3)23(18)31-24(27(21)25-20)10-12-26(13-11-24)32(4,28)29/h5-9,14-15,21,25H,10-13H2,1-4H3/t21-/m0/s1. The van der Waals surface area contributed by atoms with Gasteiger partial charge in [0.15, 0.2) is 17.2 Å². The van der Waals surface area contributed by atoms with E-state index in [1.807, 2.05) is 12.1 Å². The third-order valence-electron chi connectivity index (χ3n) is 6.78. The molecule has 1 fully saturated rings. The fraction of sp³-hybridized carbons (Fsp3) is 0.417. The number of nitrogens with one attached hydrogen (secondary N) is 1. The first kappa shape index (κ1) is 21.3. The molecule has 0 aliphatic carbocycles. The predicted octanol–water partition coefficient (Wildman–Crippen LogP) is 3.36. The van der Waals surface area contributed by atoms with Gasteiger partial charge in [-0.3, -0.25) is 0 Å². The zero-order valence-corrected chi connectivity index (χ0v) is 19.7. The second-order valence-electron chi connectivity index (χ2n) is 8.91. The molecular formula is C24H29N3O4S. The molecule has 1 spiro atoms. The SMILES string of the molecule is COc1cccc2c1OC1(CCN(S(C)(=O)=O)CC1)N1NC(c3cc(C)ccc3C)=C[C@@H]21. The summed E-state index contributed by atoms with van der Waals surface area (Å²) in [4.78, 5) is 0. The van der Waals surface area contributed by atoms with Crippen molar-refractivity contribution in [1.29, 1.82) is 0 Å². The van der Waals surface area contributed by atoms with Gasteiger partial charge >= 0.3 is 0 Å². The molecule has 1 N–H and O–H groups in total. The maximum atomic E-state index is 12.1. The van der Waals surface area contributed by atoms with Crippen LogP contribution in [0, 0.1) is 13.8 Å². The molecule has 0 saturated carbocycles. The first-order valence-electron chi connectivity index (χ1n) is 10.9. The van der Waals surface area contributed by atoms with Crippen molar-refractivity contribution in [3.8, 4) is 11.5 Å². The highest BCUT2D eigenvalue weighted by atomic mass is 32.2. The summed E-state index contributed by atoms with van der Waals surface area (Å²) in [6, 6.07) is 12.4. The Morgan fingerprint density at radius 3 is 2.59 bits per heavy atom. The summed E-state index contributed by atoms with van der Waals surface area (Å²) in [6.45, 7) is 5.03. The predicted molar refractivity (Wildman–Crippen MR) is 124 cm³/mol. The van der Waals surface area contributed by atoms with Gasteiger partial charge in [-0.15, -0.1) is 0 Å². The number of rotatable bonds is 3. The fourth-order valence-electron chi connectivity index (χ4n) is 5.01. The van der Waals surface area contributed by atoms with E-state index in [9.17, 15) is 8.42 Å². The lowest BCUT2D eigenvalue weighted by atomic mass is 9.93. The van der Waals surface area contributed by atoms with Crippen molar-refractivity contribution in [2.45, 2.75) is 38.5 Å². The Labute approximate surface area is 189 Å². The number of sulfonamides is 1. The van der Waals surface area contributed by atoms with Gasteiger partial charge in [-0.1, -0.05) is 29.8 Å². The van der Waals surface area contributed by atoms with E-state index < -0.39 is 15.7 Å². The lowest BCUT2D eigenvalue weighted by Crippen LogP contribution is -2.64. The van der Waals surface area contributed by atoms with E-state index in [-0.39, 0.29) is 6.04 Å². The molecule has 1 saturated heterocycles. The summed E-state index contributed by atoms with van der Waals surface area (Å²) in [6.07, 6.45) is 4.61. The zero-order chi connectivity index (χ0) is 22.7. The van der Waals surface area contributed by atoms with Crippen molar-refractivity contribution in [2.75, 3.05) is 26.5 Å². The van der Waals surface area contributed by atoms with Crippen molar-refractivity contribution in [1.82, 2.24) is 14.7 Å². The van der Waals surface area contributed by atoms with Gasteiger partial charge in [0.2, 0.25) is 10.0 Å². The van der Waals surface area contributed by atoms with E-state index in [2.05, 4.69) is 54.6 Å². The quantitative estimate of drug-likeness (QED) is 0.765. The van der Waals surface area contributed by atoms with E-state index in [4.69, 9.17) is 9.47 Å². The Balaban J connectivity index is 1.59. The number of hydrogen-bond acceptors (Lipinski definition) is 6. The molecule has 1 atom stereocenters. The average Bonchev–Trinajstić information content (AvgIpc) is 3.21. The molecular weight excluding hydrogens is 426 g/mol. The van der Waals surface area contributed by atoms with Crippen LogP contribution in [0.2, 0.25) is 0 Å². The van der Waals surface area contributed by atoms with Crippen LogP contribution in [0.3, 0.4) is 0 Å². The summed E-state index contributed by atoms with van der Waals surface area (Å²) in [5.41, 5.74) is 8.59. The molecule has 0 bridgehead atoms. The van der Waals surface area contributed by atoms with E-state index in [1.54, 1.807) is 7.11 Å². The van der Waals surface area contributed by atoms with E-state index >= 15 is 0 Å². The Hall–Kier alpha value is -2.55. The number of methoxy groups -OCH3 is 1. The number of hydrazine groups is 1. The fourth-order valence-corrected chi connectivity index (χ4v) is 5.86. The van der Waals surface area contributed by atoms with Gasteiger partial charge in [-0.25, -0.2) is 12.7 Å². The zero-order valence-electron chi connectivity index (χ0n) is 18.9. The van der Waals surface area contributed by atoms with Crippen molar-refractivity contribution < 1.29 is 17.9 Å². The minimum atomic E-state index is -3.24. The van der Waals surface area contributed by atoms with Gasteiger partial charge in [0.1, 0.15) is 0 Å². The molecule has 0 amide bonds. The van der Waals surface area contributed by atoms with Crippen LogP contribution < -0.4 is 14.9 Å². The van der Waals surface area contributed by atoms with Crippen LogP contribution in [0.25, 0.3) is 5.70 Å². The largest absolute Gasteiger partial charge is 0.493 e. The summed E-state index contributed by atoms with van der Waals surface area (Å²) in [5.74, 6) is 1.44. The molecule has 3 aliphatic heterocycles. The van der Waals surface area contributed by atoms with E-state index in [0.29, 0.717) is 31.7 Å². The number of ether oxygens (including phenoxy) is 2. The van der Waals surface area contributed by atoms with Crippen molar-refractivity contribution in [3.63, 3.8) is 0 Å². The second kappa shape index (κ2) is 7.50. The molecule has 0 aromatic heterocycles. The van der Waals surface area contributed by atoms with Crippen LogP contribution >= 0.6 is 0 Å². The van der Waals surface area contributed by atoms with Gasteiger partial charge in [-0.05, 0) is 37.6 Å². The smallest absolute Gasteiger partial charge is 0.211 e. The van der Waals surface area contributed by atoms with E-state index in [1.165, 1.54) is 21.7 Å². The lowest BCUT2D eigenvalue weighted by Gasteiger charge is -2.51. The highest BCUT2D eigenvalue weighted by Crippen LogP contribution is 2.51. The maximum Gasteiger partial charge on any atom is 0.211 e. The van der Waals surface area contributed by atoms with Crippen molar-refractivity contribution >= 4 is 15.7 Å². The molecule has 5 rings (SSSR count). The van der Waals surface area contributed by atoms with Gasteiger partial charge in [0, 0.05) is 37.1 Å². The molecule has 0 unspecified atom stereocenters. The summed E-state index contributed by atoms with van der Waals surface area (Å²) in [5, 5.41) is 2.17. The Morgan fingerprint density at radius 2 is 1.91 bits per heavy atom. The number of benzene rings is 2. The second-order valence-corrected chi connectivity index (χ2v) is 10.9. The lowest BCUT2D eigenvalue weighted by molar-refractivity contribution is -0.154. The van der Waals surface area contributed by atoms with Crippen molar-refractivity contribution in [2.24, 2.45) is 0 Å². The van der Waals surface area contributed by atoms with Crippen LogP contribution in [0.4, 0.5) is 0 Å². The van der Waals surface area contributed by atoms with Crippen LogP contribution in [-0.4, -0.2) is 49.9 Å². The van der Waals surface area contributed by atoms with Crippen LogP contribution in [0.1, 0.15) is 41.1 Å². The summed E-state index contributed by atoms with van der Waals surface area (Å²) >= 11 is 0. The minimum absolute atomic E-state index is 0.0476. The summed E-state index contributed by atoms with van der Waals surface area (Å²) < 4.78 is 38.1. The van der Waals surface area contributed by atoms with Gasteiger partial charge in [0.05, 0.1) is 25.1 Å². The molecule has 8 heteroatoms. The first-order chi connectivity index (χ1) is 15.2. The molecule has 2 aromatic rings. The normalized spacial score (nSPS) is 22.5. The highest BCUT2D eigenvalue weighted by Gasteiger charge is 2.53. The van der Waals surface area contributed by atoms with Crippen molar-refractivity contribution in [3.05, 3.63) is 64.7 Å². The minimum Gasteiger partial charge on any atom is -0.493 e.